The molecule has 0 fully saturated rings. The average molecular weight is 255 g/mol. The number of rotatable bonds is 2. The number of pyridine rings is 1. The predicted molar refractivity (Wildman–Crippen MR) is 77.3 cm³/mol. The maximum atomic E-state index is 12.1. The monoisotopic (exact) mass is 255 g/mol. The van der Waals surface area contributed by atoms with E-state index in [4.69, 9.17) is 0 Å². The SMILES string of the molecule is CCCC1CNc2c(cnc3ccccc23)NC1=O. The Bertz CT molecular complexity index is 624. The van der Waals surface area contributed by atoms with Crippen LogP contribution in [0, 0.1) is 5.92 Å². The normalized spacial score (nSPS) is 18.4. The lowest BCUT2D eigenvalue weighted by atomic mass is 10.0. The molecule has 1 aromatic heterocycles. The first-order valence-corrected chi connectivity index (χ1v) is 6.72. The highest BCUT2D eigenvalue weighted by Gasteiger charge is 2.23. The second-order valence-corrected chi connectivity index (χ2v) is 4.92. The van der Waals surface area contributed by atoms with Crippen LogP contribution >= 0.6 is 0 Å². The summed E-state index contributed by atoms with van der Waals surface area (Å²) in [7, 11) is 0. The highest BCUT2D eigenvalue weighted by molar-refractivity contribution is 6.05. The number of fused-ring (bicyclic) bond motifs is 3. The highest BCUT2D eigenvalue weighted by atomic mass is 16.1. The first kappa shape index (κ1) is 12.0. The van der Waals surface area contributed by atoms with Gasteiger partial charge in [0, 0.05) is 11.9 Å². The Morgan fingerprint density at radius 1 is 1.37 bits per heavy atom. The second-order valence-electron chi connectivity index (χ2n) is 4.92. The molecule has 0 saturated carbocycles. The van der Waals surface area contributed by atoms with Gasteiger partial charge in [0.25, 0.3) is 0 Å². The lowest BCUT2D eigenvalue weighted by molar-refractivity contribution is -0.119. The van der Waals surface area contributed by atoms with Crippen molar-refractivity contribution in [1.82, 2.24) is 4.98 Å². The van der Waals surface area contributed by atoms with Crippen molar-refractivity contribution < 1.29 is 4.79 Å². The van der Waals surface area contributed by atoms with Crippen LogP contribution in [0.2, 0.25) is 0 Å². The van der Waals surface area contributed by atoms with Gasteiger partial charge >= 0.3 is 0 Å². The smallest absolute Gasteiger partial charge is 0.229 e. The molecule has 1 unspecified atom stereocenters. The molecule has 98 valence electrons. The third-order valence-corrected chi connectivity index (χ3v) is 3.57. The van der Waals surface area contributed by atoms with E-state index in [2.05, 4.69) is 22.5 Å². The molecule has 2 N–H and O–H groups in total. The van der Waals surface area contributed by atoms with Crippen molar-refractivity contribution in [3.8, 4) is 0 Å². The van der Waals surface area contributed by atoms with Crippen molar-refractivity contribution in [2.75, 3.05) is 17.2 Å². The minimum Gasteiger partial charge on any atom is -0.382 e. The first-order valence-electron chi connectivity index (χ1n) is 6.72. The molecular formula is C15H17N3O. The lowest BCUT2D eigenvalue weighted by Gasteiger charge is -2.11. The summed E-state index contributed by atoms with van der Waals surface area (Å²) in [5.41, 5.74) is 2.71. The number of nitrogens with one attached hydrogen (secondary N) is 2. The lowest BCUT2D eigenvalue weighted by Crippen LogP contribution is -2.25. The summed E-state index contributed by atoms with van der Waals surface area (Å²) in [6.45, 7) is 2.78. The van der Waals surface area contributed by atoms with Crippen molar-refractivity contribution in [2.24, 2.45) is 5.92 Å². The van der Waals surface area contributed by atoms with Gasteiger partial charge in [-0.2, -0.15) is 0 Å². The number of nitrogens with zero attached hydrogens (tertiary/aromatic N) is 1. The topological polar surface area (TPSA) is 54.0 Å². The Labute approximate surface area is 112 Å². The summed E-state index contributed by atoms with van der Waals surface area (Å²) in [5, 5.41) is 7.45. The van der Waals surface area contributed by atoms with Crippen LogP contribution < -0.4 is 10.6 Å². The summed E-state index contributed by atoms with van der Waals surface area (Å²) < 4.78 is 0. The summed E-state index contributed by atoms with van der Waals surface area (Å²) in [6, 6.07) is 7.97. The van der Waals surface area contributed by atoms with Gasteiger partial charge in [-0.05, 0) is 12.5 Å². The number of hydrogen-bond acceptors (Lipinski definition) is 3. The standard InChI is InChI=1S/C15H17N3O/c1-2-5-10-8-17-14-11-6-3-4-7-12(11)16-9-13(14)18-15(10)19/h3-4,6-7,9-10,17H,2,5,8H2,1H3,(H,18,19). The van der Waals surface area contributed by atoms with Gasteiger partial charge in [0.2, 0.25) is 5.91 Å². The molecule has 1 amide bonds. The van der Waals surface area contributed by atoms with Crippen molar-refractivity contribution in [3.63, 3.8) is 0 Å². The largest absolute Gasteiger partial charge is 0.382 e. The Balaban J connectivity index is 2.04. The number of para-hydroxylation sites is 1. The van der Waals surface area contributed by atoms with Crippen molar-refractivity contribution in [3.05, 3.63) is 30.5 Å². The van der Waals surface area contributed by atoms with Gasteiger partial charge in [-0.15, -0.1) is 0 Å². The molecule has 0 spiro atoms. The number of hydrogen-bond donors (Lipinski definition) is 2. The fourth-order valence-corrected chi connectivity index (χ4v) is 2.56. The van der Waals surface area contributed by atoms with Crippen LogP contribution in [0.15, 0.2) is 30.5 Å². The molecule has 4 heteroatoms. The summed E-state index contributed by atoms with van der Waals surface area (Å²) in [5.74, 6) is 0.112. The van der Waals surface area contributed by atoms with E-state index >= 15 is 0 Å². The Hall–Kier alpha value is -2.10. The quantitative estimate of drug-likeness (QED) is 0.867. The Kier molecular flexibility index (Phi) is 3.07. The van der Waals surface area contributed by atoms with Gasteiger partial charge in [-0.3, -0.25) is 9.78 Å². The number of benzene rings is 1. The third kappa shape index (κ3) is 2.14. The molecule has 4 nitrogen and oxygen atoms in total. The van der Waals surface area contributed by atoms with Crippen LogP contribution in [0.25, 0.3) is 10.9 Å². The fraction of sp³-hybridized carbons (Fsp3) is 0.333. The highest BCUT2D eigenvalue weighted by Crippen LogP contribution is 2.32. The predicted octanol–water partition coefficient (Wildman–Crippen LogP) is 3.02. The number of aromatic nitrogens is 1. The molecule has 0 radical (unpaired) electrons. The van der Waals surface area contributed by atoms with Gasteiger partial charge in [0.1, 0.15) is 0 Å². The van der Waals surface area contributed by atoms with Gasteiger partial charge < -0.3 is 10.6 Å². The molecule has 1 aromatic carbocycles. The maximum Gasteiger partial charge on any atom is 0.229 e. The van der Waals surface area contributed by atoms with Crippen LogP contribution in [0.1, 0.15) is 19.8 Å². The van der Waals surface area contributed by atoms with Crippen LogP contribution in [-0.4, -0.2) is 17.4 Å². The Morgan fingerprint density at radius 3 is 3.05 bits per heavy atom. The minimum atomic E-state index is 0.0242. The molecular weight excluding hydrogens is 238 g/mol. The number of amides is 1. The average Bonchev–Trinajstić information content (AvgIpc) is 2.59. The van der Waals surface area contributed by atoms with Crippen LogP contribution in [0.5, 0.6) is 0 Å². The molecule has 1 atom stereocenters. The minimum absolute atomic E-state index is 0.0242. The number of carbonyl (C=O) groups excluding carboxylic acids is 1. The first-order chi connectivity index (χ1) is 9.29. The molecule has 0 saturated heterocycles. The third-order valence-electron chi connectivity index (χ3n) is 3.57. The molecule has 19 heavy (non-hydrogen) atoms. The van der Waals surface area contributed by atoms with E-state index < -0.39 is 0 Å². The van der Waals surface area contributed by atoms with Gasteiger partial charge in [0.15, 0.2) is 0 Å². The van der Waals surface area contributed by atoms with Crippen LogP contribution in [0.4, 0.5) is 11.4 Å². The zero-order chi connectivity index (χ0) is 13.2. The van der Waals surface area contributed by atoms with E-state index in [0.29, 0.717) is 6.54 Å². The van der Waals surface area contributed by atoms with Crippen molar-refractivity contribution >= 4 is 28.2 Å². The molecule has 1 aliphatic heterocycles. The van der Waals surface area contributed by atoms with Crippen LogP contribution in [0.3, 0.4) is 0 Å². The number of anilines is 2. The van der Waals surface area contributed by atoms with Gasteiger partial charge in [-0.25, -0.2) is 0 Å². The summed E-state index contributed by atoms with van der Waals surface area (Å²) >= 11 is 0. The molecule has 2 heterocycles. The molecule has 0 bridgehead atoms. The van der Waals surface area contributed by atoms with Crippen LogP contribution in [-0.2, 0) is 4.79 Å². The van der Waals surface area contributed by atoms with E-state index in [0.717, 1.165) is 35.1 Å². The van der Waals surface area contributed by atoms with E-state index in [1.54, 1.807) is 6.20 Å². The zero-order valence-corrected chi connectivity index (χ0v) is 10.9. The summed E-state index contributed by atoms with van der Waals surface area (Å²) in [4.78, 5) is 16.5. The fourth-order valence-electron chi connectivity index (χ4n) is 2.56. The van der Waals surface area contributed by atoms with E-state index in [1.807, 2.05) is 24.3 Å². The Morgan fingerprint density at radius 2 is 2.21 bits per heavy atom. The van der Waals surface area contributed by atoms with Gasteiger partial charge in [0.05, 0.1) is 29.0 Å². The zero-order valence-electron chi connectivity index (χ0n) is 10.9. The van der Waals surface area contributed by atoms with Crippen molar-refractivity contribution in [1.29, 1.82) is 0 Å². The van der Waals surface area contributed by atoms with E-state index in [1.165, 1.54) is 0 Å². The molecule has 1 aliphatic rings. The maximum absolute atomic E-state index is 12.1. The van der Waals surface area contributed by atoms with E-state index in [9.17, 15) is 4.79 Å². The number of carbonyl (C=O) groups is 1. The summed E-state index contributed by atoms with van der Waals surface area (Å²) in [6.07, 6.45) is 3.64. The van der Waals surface area contributed by atoms with Gasteiger partial charge in [-0.1, -0.05) is 31.5 Å². The van der Waals surface area contributed by atoms with Crippen molar-refractivity contribution in [2.45, 2.75) is 19.8 Å². The van der Waals surface area contributed by atoms with E-state index in [-0.39, 0.29) is 11.8 Å². The second kappa shape index (κ2) is 4.88. The molecule has 2 aromatic rings. The molecule has 0 aliphatic carbocycles. The molecule has 3 rings (SSSR count).